The minimum atomic E-state index is -0.452. The molecule has 224 valence electrons. The summed E-state index contributed by atoms with van der Waals surface area (Å²) < 4.78 is 1.78. The lowest BCUT2D eigenvalue weighted by atomic mass is 9.84. The Hall–Kier alpha value is -4.76. The number of nitrogens with one attached hydrogen (secondary N) is 1. The maximum absolute atomic E-state index is 13.4. The number of aryl methyl sites for hydroxylation is 1. The Bertz CT molecular complexity index is 1800. The van der Waals surface area contributed by atoms with Crippen molar-refractivity contribution in [1.29, 1.82) is 0 Å². The van der Waals surface area contributed by atoms with Crippen LogP contribution in [-0.2, 0) is 11.3 Å². The number of rotatable bonds is 9. The normalized spacial score (nSPS) is 13.6. The molecule has 2 aromatic heterocycles. The minimum absolute atomic E-state index is 0.0858. The minimum Gasteiger partial charge on any atom is -0.370 e. The Balaban J connectivity index is 1.22. The molecule has 1 saturated carbocycles. The molecule has 0 aliphatic heterocycles. The lowest BCUT2D eigenvalue weighted by Crippen LogP contribution is -2.26. The number of amides is 3. The van der Waals surface area contributed by atoms with Crippen molar-refractivity contribution in [2.24, 2.45) is 5.73 Å². The molecule has 9 heteroatoms. The number of carbonyl (C=O) groups excluding carboxylic acids is 3. The third-order valence-electron chi connectivity index (χ3n) is 8.35. The van der Waals surface area contributed by atoms with E-state index >= 15 is 0 Å². The van der Waals surface area contributed by atoms with Gasteiger partial charge in [0.2, 0.25) is 11.9 Å². The van der Waals surface area contributed by atoms with Crippen LogP contribution in [-0.4, -0.2) is 34.3 Å². The first-order chi connectivity index (χ1) is 21.4. The number of hydrogen-bond acceptors (Lipinski definition) is 5. The number of thiophene rings is 1. The summed E-state index contributed by atoms with van der Waals surface area (Å²) in [7, 11) is 1.71. The molecule has 0 radical (unpaired) electrons. The first-order valence-corrected chi connectivity index (χ1v) is 15.8. The van der Waals surface area contributed by atoms with Crippen LogP contribution < -0.4 is 16.0 Å². The summed E-state index contributed by atoms with van der Waals surface area (Å²) in [5.41, 5.74) is 10.5. The van der Waals surface area contributed by atoms with Crippen molar-refractivity contribution in [2.45, 2.75) is 51.0 Å². The molecule has 6 rings (SSSR count). The molecule has 0 atom stereocenters. The van der Waals surface area contributed by atoms with Gasteiger partial charge in [-0.3, -0.25) is 19.7 Å². The Morgan fingerprint density at radius 2 is 1.70 bits per heavy atom. The van der Waals surface area contributed by atoms with Crippen LogP contribution in [0, 0.1) is 0 Å². The monoisotopic (exact) mass is 605 g/mol. The summed E-state index contributed by atoms with van der Waals surface area (Å²) in [6.45, 7) is 0.253. The summed E-state index contributed by atoms with van der Waals surface area (Å²) in [6.07, 6.45) is 6.55. The number of aromatic nitrogens is 2. The SMILES string of the molecule is CN(C(=O)c1ccccc1)c1ccc2c(c1)nc(NC(=O)c1ccc(-c3ccc(C4CCCCC4)cc3)s1)n2CCC(N)=O. The number of benzene rings is 3. The molecule has 0 bridgehead atoms. The maximum Gasteiger partial charge on any atom is 0.268 e. The third-order valence-corrected chi connectivity index (χ3v) is 9.49. The van der Waals surface area contributed by atoms with Crippen molar-refractivity contribution in [2.75, 3.05) is 17.3 Å². The standard InChI is InChI=1S/C35H35N5O3S/c1-39(34(43)26-10-6-3-7-11-26)27-16-17-29-28(22-27)37-35(40(29)21-20-32(36)41)38-33(42)31-19-18-30(44-31)25-14-12-24(13-15-25)23-8-4-2-5-9-23/h3,6-7,10-19,22-23H,2,4-5,8-9,20-21H2,1H3,(H2,36,41)(H,37,38,42). The van der Waals surface area contributed by atoms with Gasteiger partial charge in [0, 0.05) is 36.1 Å². The molecule has 2 heterocycles. The average Bonchev–Trinajstić information content (AvgIpc) is 3.69. The molecule has 3 amide bonds. The number of primary amides is 1. The van der Waals surface area contributed by atoms with Gasteiger partial charge >= 0.3 is 0 Å². The van der Waals surface area contributed by atoms with Gasteiger partial charge in [0.1, 0.15) is 0 Å². The van der Waals surface area contributed by atoms with Crippen LogP contribution >= 0.6 is 11.3 Å². The lowest BCUT2D eigenvalue weighted by Gasteiger charge is -2.22. The van der Waals surface area contributed by atoms with Gasteiger partial charge in [0.25, 0.3) is 11.8 Å². The van der Waals surface area contributed by atoms with Crippen molar-refractivity contribution in [1.82, 2.24) is 9.55 Å². The fourth-order valence-electron chi connectivity index (χ4n) is 5.90. The van der Waals surface area contributed by atoms with E-state index in [-0.39, 0.29) is 24.8 Å². The second-order valence-corrected chi connectivity index (χ2v) is 12.4. The van der Waals surface area contributed by atoms with Crippen LogP contribution in [0.2, 0.25) is 0 Å². The molecule has 0 saturated heterocycles. The summed E-state index contributed by atoms with van der Waals surface area (Å²) in [4.78, 5) is 45.9. The molecule has 1 fully saturated rings. The average molecular weight is 606 g/mol. The van der Waals surface area contributed by atoms with Crippen LogP contribution in [0.25, 0.3) is 21.5 Å². The van der Waals surface area contributed by atoms with Crippen molar-refractivity contribution in [3.05, 3.63) is 101 Å². The summed E-state index contributed by atoms with van der Waals surface area (Å²) in [5.74, 6) is 0.0757. The van der Waals surface area contributed by atoms with Gasteiger partial charge in [-0.05, 0) is 72.4 Å². The van der Waals surface area contributed by atoms with Gasteiger partial charge in [-0.1, -0.05) is 61.7 Å². The highest BCUT2D eigenvalue weighted by atomic mass is 32.1. The first kappa shape index (κ1) is 29.3. The zero-order chi connectivity index (χ0) is 30.6. The van der Waals surface area contributed by atoms with Gasteiger partial charge < -0.3 is 15.2 Å². The van der Waals surface area contributed by atoms with Gasteiger partial charge in [0.15, 0.2) is 0 Å². The number of anilines is 2. The van der Waals surface area contributed by atoms with E-state index in [4.69, 9.17) is 10.7 Å². The van der Waals surface area contributed by atoms with Crippen LogP contribution in [0.5, 0.6) is 0 Å². The van der Waals surface area contributed by atoms with Crippen LogP contribution in [0.1, 0.15) is 70.0 Å². The maximum atomic E-state index is 13.4. The predicted octanol–water partition coefficient (Wildman–Crippen LogP) is 7.22. The molecule has 3 aromatic carbocycles. The Morgan fingerprint density at radius 1 is 0.955 bits per heavy atom. The molecular weight excluding hydrogens is 570 g/mol. The van der Waals surface area contributed by atoms with E-state index in [1.165, 1.54) is 49.0 Å². The summed E-state index contributed by atoms with van der Waals surface area (Å²) >= 11 is 1.43. The molecule has 0 unspecified atom stereocenters. The zero-order valence-corrected chi connectivity index (χ0v) is 25.5. The van der Waals surface area contributed by atoms with Crippen molar-refractivity contribution < 1.29 is 14.4 Å². The Kier molecular flexibility index (Phi) is 8.56. The number of carbonyl (C=O) groups is 3. The number of hydrogen-bond donors (Lipinski definition) is 2. The van der Waals surface area contributed by atoms with Gasteiger partial charge in [-0.2, -0.15) is 0 Å². The lowest BCUT2D eigenvalue weighted by molar-refractivity contribution is -0.118. The molecular formula is C35H35N5O3S. The van der Waals surface area contributed by atoms with Gasteiger partial charge in [-0.25, -0.2) is 4.98 Å². The number of imidazole rings is 1. The molecule has 0 spiro atoms. The van der Waals surface area contributed by atoms with E-state index in [2.05, 4.69) is 29.6 Å². The van der Waals surface area contributed by atoms with Gasteiger partial charge in [0.05, 0.1) is 15.9 Å². The number of nitrogens with two attached hydrogens (primary N) is 1. The topological polar surface area (TPSA) is 110 Å². The highest BCUT2D eigenvalue weighted by Crippen LogP contribution is 2.35. The third kappa shape index (κ3) is 6.28. The molecule has 3 N–H and O–H groups in total. The smallest absolute Gasteiger partial charge is 0.268 e. The largest absolute Gasteiger partial charge is 0.370 e. The zero-order valence-electron chi connectivity index (χ0n) is 24.7. The van der Waals surface area contributed by atoms with Gasteiger partial charge in [-0.15, -0.1) is 11.3 Å². The first-order valence-electron chi connectivity index (χ1n) is 15.0. The highest BCUT2D eigenvalue weighted by Gasteiger charge is 2.20. The van der Waals surface area contributed by atoms with Crippen molar-refractivity contribution in [3.63, 3.8) is 0 Å². The Morgan fingerprint density at radius 3 is 2.43 bits per heavy atom. The summed E-state index contributed by atoms with van der Waals surface area (Å²) in [6, 6.07) is 27.1. The molecule has 44 heavy (non-hydrogen) atoms. The van der Waals surface area contributed by atoms with E-state index in [9.17, 15) is 14.4 Å². The fraction of sp³-hybridized carbons (Fsp3) is 0.257. The summed E-state index contributed by atoms with van der Waals surface area (Å²) in [5, 5.41) is 2.94. The predicted molar refractivity (Wildman–Crippen MR) is 176 cm³/mol. The number of fused-ring (bicyclic) bond motifs is 1. The highest BCUT2D eigenvalue weighted by molar-refractivity contribution is 7.17. The van der Waals surface area contributed by atoms with E-state index in [1.807, 2.05) is 42.5 Å². The van der Waals surface area contributed by atoms with Crippen LogP contribution in [0.15, 0.2) is 84.9 Å². The number of nitrogens with zero attached hydrogens (tertiary/aromatic N) is 3. The Labute approximate surface area is 260 Å². The molecule has 1 aliphatic rings. The molecule has 5 aromatic rings. The van der Waals surface area contributed by atoms with Crippen molar-refractivity contribution in [3.8, 4) is 10.4 Å². The van der Waals surface area contributed by atoms with Crippen LogP contribution in [0.4, 0.5) is 11.6 Å². The van der Waals surface area contributed by atoms with E-state index < -0.39 is 5.91 Å². The second-order valence-electron chi connectivity index (χ2n) is 11.3. The van der Waals surface area contributed by atoms with E-state index in [0.29, 0.717) is 33.5 Å². The van der Waals surface area contributed by atoms with Crippen molar-refractivity contribution >= 4 is 51.7 Å². The quantitative estimate of drug-likeness (QED) is 0.185. The second kappa shape index (κ2) is 12.9. The fourth-order valence-corrected chi connectivity index (χ4v) is 6.80. The van der Waals surface area contributed by atoms with E-state index in [1.54, 1.807) is 34.7 Å². The molecule has 1 aliphatic carbocycles. The molecule has 8 nitrogen and oxygen atoms in total. The van der Waals surface area contributed by atoms with Crippen LogP contribution in [0.3, 0.4) is 0 Å². The van der Waals surface area contributed by atoms with E-state index in [0.717, 1.165) is 16.0 Å².